The lowest BCUT2D eigenvalue weighted by molar-refractivity contribution is -0.132. The maximum atomic E-state index is 12.5. The van der Waals surface area contributed by atoms with E-state index in [0.29, 0.717) is 6.42 Å². The van der Waals surface area contributed by atoms with Crippen molar-refractivity contribution in [3.8, 4) is 0 Å². The number of hydrogen-bond acceptors (Lipinski definition) is 4. The van der Waals surface area contributed by atoms with E-state index in [1.165, 1.54) is 5.56 Å². The highest BCUT2D eigenvalue weighted by molar-refractivity contribution is 7.15. The number of carbonyl (C=O) groups excluding carboxylic acids is 1. The first kappa shape index (κ1) is 16.6. The Labute approximate surface area is 155 Å². The number of nitrogens with zero attached hydrogens (tertiary/aromatic N) is 4. The summed E-state index contributed by atoms with van der Waals surface area (Å²) in [6, 6.07) is 7.96. The van der Waals surface area contributed by atoms with Crippen molar-refractivity contribution in [1.82, 2.24) is 19.2 Å². The van der Waals surface area contributed by atoms with E-state index in [9.17, 15) is 4.79 Å². The zero-order chi connectivity index (χ0) is 17.2. The van der Waals surface area contributed by atoms with Crippen molar-refractivity contribution in [2.24, 2.45) is 0 Å². The molecule has 3 aromatic rings. The number of aromatic nitrogens is 2. The van der Waals surface area contributed by atoms with Gasteiger partial charge in [-0.1, -0.05) is 23.7 Å². The van der Waals surface area contributed by atoms with E-state index in [2.05, 4.69) is 16.0 Å². The van der Waals surface area contributed by atoms with Gasteiger partial charge < -0.3 is 4.90 Å². The predicted octanol–water partition coefficient (Wildman–Crippen LogP) is 2.94. The third-order valence-electron chi connectivity index (χ3n) is 4.50. The first-order chi connectivity index (χ1) is 12.2. The number of piperazine rings is 1. The van der Waals surface area contributed by atoms with Gasteiger partial charge in [0.2, 0.25) is 5.91 Å². The minimum Gasteiger partial charge on any atom is -0.340 e. The van der Waals surface area contributed by atoms with Crippen LogP contribution in [0.5, 0.6) is 0 Å². The van der Waals surface area contributed by atoms with E-state index in [1.54, 1.807) is 11.3 Å². The number of imidazole rings is 1. The minimum atomic E-state index is 0.160. The summed E-state index contributed by atoms with van der Waals surface area (Å²) in [7, 11) is 0. The van der Waals surface area contributed by atoms with E-state index in [1.807, 2.05) is 45.3 Å². The van der Waals surface area contributed by atoms with Gasteiger partial charge in [0, 0.05) is 55.5 Å². The number of thiazole rings is 1. The summed E-state index contributed by atoms with van der Waals surface area (Å²) in [5.41, 5.74) is 2.06. The molecule has 1 aliphatic heterocycles. The molecule has 0 bridgehead atoms. The number of fused-ring (bicyclic) bond motifs is 1. The van der Waals surface area contributed by atoms with Crippen molar-refractivity contribution in [2.45, 2.75) is 13.0 Å². The van der Waals surface area contributed by atoms with Crippen LogP contribution < -0.4 is 0 Å². The second kappa shape index (κ2) is 7.15. The Bertz CT molecular complexity index is 853. The molecule has 0 unspecified atom stereocenters. The normalized spacial score (nSPS) is 15.8. The monoisotopic (exact) mass is 374 g/mol. The molecule has 0 atom stereocenters. The quantitative estimate of drug-likeness (QED) is 0.705. The van der Waals surface area contributed by atoms with Gasteiger partial charge in [-0.3, -0.25) is 14.1 Å². The Morgan fingerprint density at radius 2 is 2.08 bits per heavy atom. The molecule has 1 fully saturated rings. The van der Waals surface area contributed by atoms with E-state index < -0.39 is 0 Å². The van der Waals surface area contributed by atoms with Crippen molar-refractivity contribution in [1.29, 1.82) is 0 Å². The average molecular weight is 375 g/mol. The number of halogens is 1. The maximum Gasteiger partial charge on any atom is 0.228 e. The van der Waals surface area contributed by atoms with Crippen LogP contribution in [0.2, 0.25) is 5.02 Å². The standard InChI is InChI=1S/C18H19ClN4OS/c19-15-3-1-2-14(10-15)12-21-4-6-22(7-5-21)17(24)11-16-13-23-8-9-25-18(23)20-16/h1-3,8-10,13H,4-7,11-12H2. The molecule has 1 aromatic carbocycles. The topological polar surface area (TPSA) is 40.9 Å². The highest BCUT2D eigenvalue weighted by Crippen LogP contribution is 2.15. The van der Waals surface area contributed by atoms with E-state index in [-0.39, 0.29) is 5.91 Å². The fraction of sp³-hybridized carbons (Fsp3) is 0.333. The molecule has 1 aliphatic rings. The molecule has 0 aliphatic carbocycles. The van der Waals surface area contributed by atoms with Gasteiger partial charge in [-0.15, -0.1) is 11.3 Å². The van der Waals surface area contributed by atoms with E-state index in [4.69, 9.17) is 11.6 Å². The van der Waals surface area contributed by atoms with Gasteiger partial charge in [-0.25, -0.2) is 4.98 Å². The van der Waals surface area contributed by atoms with Crippen molar-refractivity contribution in [2.75, 3.05) is 26.2 Å². The van der Waals surface area contributed by atoms with Crippen molar-refractivity contribution < 1.29 is 4.79 Å². The Hall–Kier alpha value is -1.89. The van der Waals surface area contributed by atoms with Gasteiger partial charge in [0.1, 0.15) is 0 Å². The molecule has 0 spiro atoms. The Morgan fingerprint density at radius 3 is 2.84 bits per heavy atom. The summed E-state index contributed by atoms with van der Waals surface area (Å²) < 4.78 is 1.97. The van der Waals surface area contributed by atoms with Gasteiger partial charge in [0.05, 0.1) is 12.1 Å². The summed E-state index contributed by atoms with van der Waals surface area (Å²) in [6.07, 6.45) is 4.29. The number of hydrogen-bond donors (Lipinski definition) is 0. The average Bonchev–Trinajstić information content (AvgIpc) is 3.17. The molecule has 0 radical (unpaired) electrons. The lowest BCUT2D eigenvalue weighted by Crippen LogP contribution is -2.48. The van der Waals surface area contributed by atoms with Crippen molar-refractivity contribution in [3.05, 3.63) is 58.3 Å². The third-order valence-corrected chi connectivity index (χ3v) is 5.50. The summed E-state index contributed by atoms with van der Waals surface area (Å²) in [6.45, 7) is 4.18. The van der Waals surface area contributed by atoms with Crippen LogP contribution in [-0.4, -0.2) is 51.3 Å². The van der Waals surface area contributed by atoms with Crippen LogP contribution in [0.1, 0.15) is 11.3 Å². The molecule has 130 valence electrons. The molecule has 0 N–H and O–H groups in total. The summed E-state index contributed by atoms with van der Waals surface area (Å²) >= 11 is 7.63. The van der Waals surface area contributed by atoms with Crippen LogP contribution in [-0.2, 0) is 17.8 Å². The molecule has 25 heavy (non-hydrogen) atoms. The number of rotatable bonds is 4. The van der Waals surface area contributed by atoms with Crippen LogP contribution in [0.15, 0.2) is 42.0 Å². The lowest BCUT2D eigenvalue weighted by Gasteiger charge is -2.34. The maximum absolute atomic E-state index is 12.5. The highest BCUT2D eigenvalue weighted by atomic mass is 35.5. The van der Waals surface area contributed by atoms with Crippen molar-refractivity contribution >= 4 is 33.8 Å². The fourth-order valence-corrected chi connectivity index (χ4v) is 4.11. The molecular weight excluding hydrogens is 356 g/mol. The molecule has 0 saturated carbocycles. The molecular formula is C18H19ClN4OS. The van der Waals surface area contributed by atoms with Crippen LogP contribution in [0.3, 0.4) is 0 Å². The van der Waals surface area contributed by atoms with Crippen LogP contribution in [0, 0.1) is 0 Å². The highest BCUT2D eigenvalue weighted by Gasteiger charge is 2.22. The number of benzene rings is 1. The Morgan fingerprint density at radius 1 is 1.24 bits per heavy atom. The second-order valence-electron chi connectivity index (χ2n) is 6.29. The first-order valence-electron chi connectivity index (χ1n) is 8.33. The van der Waals surface area contributed by atoms with Gasteiger partial charge in [-0.05, 0) is 17.7 Å². The van der Waals surface area contributed by atoms with Crippen molar-refractivity contribution in [3.63, 3.8) is 0 Å². The number of carbonyl (C=O) groups is 1. The fourth-order valence-electron chi connectivity index (χ4n) is 3.18. The minimum absolute atomic E-state index is 0.160. The van der Waals surface area contributed by atoms with Gasteiger partial charge in [0.15, 0.2) is 4.96 Å². The largest absolute Gasteiger partial charge is 0.340 e. The van der Waals surface area contributed by atoms with Crippen LogP contribution in [0.4, 0.5) is 0 Å². The van der Waals surface area contributed by atoms with E-state index >= 15 is 0 Å². The lowest BCUT2D eigenvalue weighted by atomic mass is 10.2. The van der Waals surface area contributed by atoms with Gasteiger partial charge >= 0.3 is 0 Å². The Balaban J connectivity index is 1.30. The molecule has 5 nitrogen and oxygen atoms in total. The first-order valence-corrected chi connectivity index (χ1v) is 9.59. The molecule has 1 saturated heterocycles. The molecule has 7 heteroatoms. The number of amides is 1. The van der Waals surface area contributed by atoms with Crippen LogP contribution >= 0.6 is 22.9 Å². The summed E-state index contributed by atoms with van der Waals surface area (Å²) in [4.78, 5) is 22.3. The zero-order valence-corrected chi connectivity index (χ0v) is 15.3. The summed E-state index contributed by atoms with van der Waals surface area (Å²) in [5.74, 6) is 0.160. The zero-order valence-electron chi connectivity index (χ0n) is 13.8. The smallest absolute Gasteiger partial charge is 0.228 e. The second-order valence-corrected chi connectivity index (χ2v) is 7.60. The van der Waals surface area contributed by atoms with Gasteiger partial charge in [0.25, 0.3) is 0 Å². The molecule has 2 aromatic heterocycles. The molecule has 3 heterocycles. The van der Waals surface area contributed by atoms with Gasteiger partial charge in [-0.2, -0.15) is 0 Å². The van der Waals surface area contributed by atoms with Crippen LogP contribution in [0.25, 0.3) is 4.96 Å². The van der Waals surface area contributed by atoms with E-state index in [0.717, 1.165) is 48.4 Å². The Kier molecular flexibility index (Phi) is 4.74. The molecule has 4 rings (SSSR count). The predicted molar refractivity (Wildman–Crippen MR) is 100 cm³/mol. The third kappa shape index (κ3) is 3.86. The SMILES string of the molecule is O=C(Cc1cn2ccsc2n1)N1CCN(Cc2cccc(Cl)c2)CC1. The molecule has 1 amide bonds. The summed E-state index contributed by atoms with van der Waals surface area (Å²) in [5, 5.41) is 2.76.